The minimum absolute atomic E-state index is 0.245. The average Bonchev–Trinajstić information content (AvgIpc) is 3.42. The van der Waals surface area contributed by atoms with Crippen molar-refractivity contribution in [3.05, 3.63) is 93.3 Å². The highest BCUT2D eigenvalue weighted by molar-refractivity contribution is 7.12. The number of fused-ring (bicyclic) bond motifs is 1. The highest BCUT2D eigenvalue weighted by Crippen LogP contribution is 2.20. The zero-order valence-electron chi connectivity index (χ0n) is 16.0. The van der Waals surface area contributed by atoms with Gasteiger partial charge in [-0.3, -0.25) is 9.59 Å². The van der Waals surface area contributed by atoms with Crippen molar-refractivity contribution in [3.8, 4) is 0 Å². The van der Waals surface area contributed by atoms with E-state index in [1.807, 2.05) is 54.0 Å². The highest BCUT2D eigenvalue weighted by Gasteiger charge is 2.23. The molecule has 2 heterocycles. The molecule has 7 heteroatoms. The number of benzene rings is 2. The van der Waals surface area contributed by atoms with E-state index in [1.165, 1.54) is 11.3 Å². The van der Waals surface area contributed by atoms with E-state index in [1.54, 1.807) is 18.2 Å². The molecular formula is C23H20ClN3O2S. The molecule has 0 spiro atoms. The third-order valence-electron chi connectivity index (χ3n) is 4.82. The lowest BCUT2D eigenvalue weighted by atomic mass is 10.0. The third-order valence-corrected chi connectivity index (χ3v) is 5.93. The van der Waals surface area contributed by atoms with Gasteiger partial charge >= 0.3 is 0 Å². The molecular weight excluding hydrogens is 418 g/mol. The molecule has 5 nitrogen and oxygen atoms in total. The summed E-state index contributed by atoms with van der Waals surface area (Å²) < 4.78 is 0. The zero-order chi connectivity index (χ0) is 20.9. The summed E-state index contributed by atoms with van der Waals surface area (Å²) in [5, 5.41) is 9.30. The predicted octanol–water partition coefficient (Wildman–Crippen LogP) is 4.54. The lowest BCUT2D eigenvalue weighted by Gasteiger charge is -2.18. The Balaban J connectivity index is 1.52. The fourth-order valence-corrected chi connectivity index (χ4v) is 4.17. The maximum absolute atomic E-state index is 13.0. The van der Waals surface area contributed by atoms with Crippen LogP contribution in [0.5, 0.6) is 0 Å². The molecule has 4 aromatic rings. The molecule has 152 valence electrons. The van der Waals surface area contributed by atoms with E-state index >= 15 is 0 Å². The van der Waals surface area contributed by atoms with Gasteiger partial charge in [-0.1, -0.05) is 48.0 Å². The first-order chi connectivity index (χ1) is 14.6. The molecule has 4 rings (SSSR count). The fraction of sp³-hybridized carbons (Fsp3) is 0.130. The molecule has 0 saturated carbocycles. The van der Waals surface area contributed by atoms with E-state index in [2.05, 4.69) is 15.6 Å². The maximum Gasteiger partial charge on any atom is 0.262 e. The largest absolute Gasteiger partial charge is 0.361 e. The number of H-pyrrole nitrogens is 1. The van der Waals surface area contributed by atoms with Crippen molar-refractivity contribution in [1.29, 1.82) is 0 Å². The molecule has 0 aliphatic heterocycles. The van der Waals surface area contributed by atoms with E-state index < -0.39 is 6.04 Å². The van der Waals surface area contributed by atoms with Crippen molar-refractivity contribution >= 4 is 45.7 Å². The number of hydrogen-bond donors (Lipinski definition) is 3. The first-order valence-corrected chi connectivity index (χ1v) is 10.8. The molecule has 0 fully saturated rings. The summed E-state index contributed by atoms with van der Waals surface area (Å²) in [6, 6.07) is 18.1. The lowest BCUT2D eigenvalue weighted by molar-refractivity contribution is -0.123. The smallest absolute Gasteiger partial charge is 0.262 e. The van der Waals surface area contributed by atoms with Gasteiger partial charge in [-0.05, 0) is 40.8 Å². The van der Waals surface area contributed by atoms with Gasteiger partial charge in [0.15, 0.2) is 0 Å². The number of nitrogens with one attached hydrogen (secondary N) is 3. The van der Waals surface area contributed by atoms with Crippen LogP contribution in [-0.2, 0) is 17.8 Å². The van der Waals surface area contributed by atoms with Gasteiger partial charge in [0.2, 0.25) is 5.91 Å². The Bertz CT molecular complexity index is 1170. The number of amides is 2. The average molecular weight is 438 g/mol. The van der Waals surface area contributed by atoms with Crippen LogP contribution in [0, 0.1) is 0 Å². The molecule has 2 amide bonds. The van der Waals surface area contributed by atoms with Crippen LogP contribution >= 0.6 is 22.9 Å². The number of rotatable bonds is 7. The molecule has 2 aromatic heterocycles. The Labute approximate surface area is 183 Å². The van der Waals surface area contributed by atoms with Gasteiger partial charge in [-0.25, -0.2) is 0 Å². The summed E-state index contributed by atoms with van der Waals surface area (Å²) in [5.41, 5.74) is 2.86. The van der Waals surface area contributed by atoms with Crippen LogP contribution in [0.15, 0.2) is 72.2 Å². The van der Waals surface area contributed by atoms with Gasteiger partial charge in [0.1, 0.15) is 6.04 Å². The molecule has 3 N–H and O–H groups in total. The van der Waals surface area contributed by atoms with Crippen LogP contribution in [-0.4, -0.2) is 22.8 Å². The van der Waals surface area contributed by atoms with E-state index in [0.717, 1.165) is 22.0 Å². The Morgan fingerprint density at radius 3 is 2.73 bits per heavy atom. The van der Waals surface area contributed by atoms with Crippen molar-refractivity contribution in [2.75, 3.05) is 0 Å². The van der Waals surface area contributed by atoms with Crippen LogP contribution in [0.2, 0.25) is 5.02 Å². The number of para-hydroxylation sites is 1. The number of halogens is 1. The first kappa shape index (κ1) is 20.2. The second-order valence-electron chi connectivity index (χ2n) is 6.91. The van der Waals surface area contributed by atoms with Crippen LogP contribution in [0.1, 0.15) is 20.8 Å². The number of carbonyl (C=O) groups is 2. The summed E-state index contributed by atoms with van der Waals surface area (Å²) in [4.78, 5) is 29.4. The number of aromatic nitrogens is 1. The van der Waals surface area contributed by atoms with E-state index in [-0.39, 0.29) is 11.8 Å². The zero-order valence-corrected chi connectivity index (χ0v) is 17.6. The number of carbonyl (C=O) groups excluding carboxylic acids is 2. The molecule has 30 heavy (non-hydrogen) atoms. The Morgan fingerprint density at radius 1 is 1.07 bits per heavy atom. The lowest BCUT2D eigenvalue weighted by Crippen LogP contribution is -2.47. The number of aromatic amines is 1. The topological polar surface area (TPSA) is 74.0 Å². The minimum atomic E-state index is -0.710. The summed E-state index contributed by atoms with van der Waals surface area (Å²) in [6.07, 6.45) is 2.27. The molecule has 0 unspecified atom stereocenters. The summed E-state index contributed by atoms with van der Waals surface area (Å²) in [6.45, 7) is 0.332. The molecule has 2 aromatic carbocycles. The molecule has 0 radical (unpaired) electrons. The van der Waals surface area contributed by atoms with Crippen LogP contribution in [0.3, 0.4) is 0 Å². The van der Waals surface area contributed by atoms with E-state index in [0.29, 0.717) is 22.9 Å². The molecule has 0 aliphatic rings. The number of hydrogen-bond acceptors (Lipinski definition) is 3. The van der Waals surface area contributed by atoms with Crippen molar-refractivity contribution in [2.45, 2.75) is 19.0 Å². The molecule has 1 atom stereocenters. The second-order valence-corrected chi connectivity index (χ2v) is 8.30. The fourth-order valence-electron chi connectivity index (χ4n) is 3.33. The van der Waals surface area contributed by atoms with Crippen molar-refractivity contribution in [2.24, 2.45) is 0 Å². The van der Waals surface area contributed by atoms with Crippen LogP contribution in [0.25, 0.3) is 10.9 Å². The summed E-state index contributed by atoms with van der Waals surface area (Å²) >= 11 is 7.37. The first-order valence-electron chi connectivity index (χ1n) is 9.51. The van der Waals surface area contributed by atoms with Crippen LogP contribution < -0.4 is 10.6 Å². The van der Waals surface area contributed by atoms with Gasteiger partial charge in [0.25, 0.3) is 5.91 Å². The second kappa shape index (κ2) is 9.15. The Kier molecular flexibility index (Phi) is 6.16. The molecule has 0 saturated heterocycles. The normalized spacial score (nSPS) is 11.9. The van der Waals surface area contributed by atoms with E-state index in [9.17, 15) is 9.59 Å². The van der Waals surface area contributed by atoms with Gasteiger partial charge < -0.3 is 15.6 Å². The standard InChI is InChI=1S/C23H20ClN3O2S/c24-17-6-3-5-15(11-17)13-26-22(28)20(27-23(29)21-9-4-10-30-21)12-16-14-25-19-8-2-1-7-18(16)19/h1-11,14,20,25H,12-13H2,(H,26,28)(H,27,29)/t20-/m0/s1. The maximum atomic E-state index is 13.0. The summed E-state index contributed by atoms with van der Waals surface area (Å²) in [7, 11) is 0. The van der Waals surface area contributed by atoms with Gasteiger partial charge in [-0.15, -0.1) is 11.3 Å². The quantitative estimate of drug-likeness (QED) is 0.397. The molecule has 0 bridgehead atoms. The monoisotopic (exact) mass is 437 g/mol. The molecule has 0 aliphatic carbocycles. The van der Waals surface area contributed by atoms with Crippen LogP contribution in [0.4, 0.5) is 0 Å². The van der Waals surface area contributed by atoms with Crippen molar-refractivity contribution < 1.29 is 9.59 Å². The predicted molar refractivity (Wildman–Crippen MR) is 121 cm³/mol. The van der Waals surface area contributed by atoms with Gasteiger partial charge in [0.05, 0.1) is 4.88 Å². The third kappa shape index (κ3) is 4.72. The van der Waals surface area contributed by atoms with Crippen molar-refractivity contribution in [1.82, 2.24) is 15.6 Å². The minimum Gasteiger partial charge on any atom is -0.361 e. The Morgan fingerprint density at radius 2 is 1.93 bits per heavy atom. The van der Waals surface area contributed by atoms with E-state index in [4.69, 9.17) is 11.6 Å². The Hall–Kier alpha value is -3.09. The summed E-state index contributed by atoms with van der Waals surface area (Å²) in [5.74, 6) is -0.502. The SMILES string of the molecule is O=C(N[C@@H](Cc1c[nH]c2ccccc12)C(=O)NCc1cccc(Cl)c1)c1cccs1. The number of thiophene rings is 1. The van der Waals surface area contributed by atoms with Gasteiger partial charge in [0, 0.05) is 35.1 Å². The highest BCUT2D eigenvalue weighted by atomic mass is 35.5. The van der Waals surface area contributed by atoms with Crippen molar-refractivity contribution in [3.63, 3.8) is 0 Å². The van der Waals surface area contributed by atoms with Gasteiger partial charge in [-0.2, -0.15) is 0 Å².